The summed E-state index contributed by atoms with van der Waals surface area (Å²) in [6.07, 6.45) is 5.92. The number of hydrogen-bond acceptors (Lipinski definition) is 8. The zero-order valence-electron chi connectivity index (χ0n) is 25.8. The van der Waals surface area contributed by atoms with E-state index in [1.165, 1.54) is 7.11 Å². The van der Waals surface area contributed by atoms with Crippen molar-refractivity contribution in [3.63, 3.8) is 0 Å². The quantitative estimate of drug-likeness (QED) is 0.208. The molecule has 0 saturated heterocycles. The minimum Gasteiger partial charge on any atom is -0.469 e. The van der Waals surface area contributed by atoms with Gasteiger partial charge in [-0.1, -0.05) is 46.3 Å². The average molecular weight is 687 g/mol. The SMILES string of the molecule is COC(=O)C1CCC(CNC(=O)[C@H](Cc2ccc(OC(=O)OCc3ccccc3Br)cc2)NC(=O)C2CCC(CN)CC2)CC1. The molecule has 2 aromatic carbocycles. The lowest BCUT2D eigenvalue weighted by atomic mass is 9.81. The fraction of sp³-hybridized carbons (Fsp3) is 0.529. The molecule has 244 valence electrons. The molecule has 4 N–H and O–H groups in total. The van der Waals surface area contributed by atoms with E-state index >= 15 is 0 Å². The highest BCUT2D eigenvalue weighted by molar-refractivity contribution is 9.10. The molecule has 2 aromatic rings. The molecule has 2 amide bonds. The molecule has 2 saturated carbocycles. The second-order valence-corrected chi connectivity index (χ2v) is 12.9. The van der Waals surface area contributed by atoms with Crippen LogP contribution in [0.15, 0.2) is 53.0 Å². The van der Waals surface area contributed by atoms with Crippen molar-refractivity contribution in [3.8, 4) is 5.75 Å². The van der Waals surface area contributed by atoms with Crippen molar-refractivity contribution >= 4 is 39.9 Å². The predicted molar refractivity (Wildman–Crippen MR) is 172 cm³/mol. The number of hydrogen-bond donors (Lipinski definition) is 3. The van der Waals surface area contributed by atoms with Crippen molar-refractivity contribution in [3.05, 3.63) is 64.1 Å². The molecule has 11 heteroatoms. The molecule has 10 nitrogen and oxygen atoms in total. The smallest absolute Gasteiger partial charge is 0.469 e. The normalized spacial score (nSPS) is 22.0. The Hall–Kier alpha value is -3.44. The third-order valence-electron chi connectivity index (χ3n) is 9.00. The molecule has 4 rings (SSSR count). The Balaban J connectivity index is 1.33. The van der Waals surface area contributed by atoms with Gasteiger partial charge in [0.1, 0.15) is 18.4 Å². The van der Waals surface area contributed by atoms with E-state index in [1.54, 1.807) is 24.3 Å². The molecule has 1 atom stereocenters. The van der Waals surface area contributed by atoms with Gasteiger partial charge in [-0.3, -0.25) is 14.4 Å². The topological polar surface area (TPSA) is 146 Å². The minimum atomic E-state index is -0.826. The molecule has 0 heterocycles. The van der Waals surface area contributed by atoms with Gasteiger partial charge in [-0.15, -0.1) is 0 Å². The molecule has 0 unspecified atom stereocenters. The Bertz CT molecular complexity index is 1290. The van der Waals surface area contributed by atoms with E-state index in [-0.39, 0.29) is 48.6 Å². The third-order valence-corrected chi connectivity index (χ3v) is 9.77. The summed E-state index contributed by atoms with van der Waals surface area (Å²) < 4.78 is 16.3. The number of carbonyl (C=O) groups is 4. The Morgan fingerprint density at radius 1 is 0.889 bits per heavy atom. The number of amides is 2. The number of ether oxygens (including phenoxy) is 3. The van der Waals surface area contributed by atoms with Crippen LogP contribution in [-0.2, 0) is 36.9 Å². The zero-order valence-corrected chi connectivity index (χ0v) is 27.4. The van der Waals surface area contributed by atoms with Crippen LogP contribution in [0, 0.1) is 23.7 Å². The van der Waals surface area contributed by atoms with Gasteiger partial charge in [-0.05, 0) is 93.5 Å². The Morgan fingerprint density at radius 2 is 1.53 bits per heavy atom. The van der Waals surface area contributed by atoms with E-state index < -0.39 is 12.2 Å². The fourth-order valence-corrected chi connectivity index (χ4v) is 6.50. The summed E-state index contributed by atoms with van der Waals surface area (Å²) in [4.78, 5) is 50.8. The van der Waals surface area contributed by atoms with E-state index in [0.29, 0.717) is 24.8 Å². The van der Waals surface area contributed by atoms with Gasteiger partial charge in [-0.25, -0.2) is 4.79 Å². The van der Waals surface area contributed by atoms with E-state index in [9.17, 15) is 19.2 Å². The number of halogens is 1. The lowest BCUT2D eigenvalue weighted by Crippen LogP contribution is -2.51. The van der Waals surface area contributed by atoms with Crippen molar-refractivity contribution in [2.24, 2.45) is 29.4 Å². The van der Waals surface area contributed by atoms with Crippen LogP contribution >= 0.6 is 15.9 Å². The van der Waals surface area contributed by atoms with Gasteiger partial charge < -0.3 is 30.6 Å². The van der Waals surface area contributed by atoms with Crippen LogP contribution in [0.2, 0.25) is 0 Å². The molecule has 2 fully saturated rings. The number of methoxy groups -OCH3 is 1. The monoisotopic (exact) mass is 685 g/mol. The van der Waals surface area contributed by atoms with Crippen molar-refractivity contribution in [1.29, 1.82) is 0 Å². The Morgan fingerprint density at radius 3 is 2.18 bits per heavy atom. The summed E-state index contributed by atoms with van der Waals surface area (Å²) in [6.45, 7) is 1.17. The number of rotatable bonds is 12. The first-order chi connectivity index (χ1) is 21.7. The maximum atomic E-state index is 13.4. The van der Waals surface area contributed by atoms with Crippen LogP contribution < -0.4 is 21.1 Å². The summed E-state index contributed by atoms with van der Waals surface area (Å²) in [5.41, 5.74) is 7.44. The lowest BCUT2D eigenvalue weighted by Gasteiger charge is -2.29. The van der Waals surface area contributed by atoms with Crippen LogP contribution in [0.4, 0.5) is 4.79 Å². The van der Waals surface area contributed by atoms with Crippen molar-refractivity contribution in [1.82, 2.24) is 10.6 Å². The van der Waals surface area contributed by atoms with Crippen LogP contribution in [0.1, 0.15) is 62.5 Å². The zero-order chi connectivity index (χ0) is 32.2. The van der Waals surface area contributed by atoms with Crippen LogP contribution in [0.25, 0.3) is 0 Å². The molecule has 0 bridgehead atoms. The molecule has 0 spiro atoms. The highest BCUT2D eigenvalue weighted by Gasteiger charge is 2.31. The summed E-state index contributed by atoms with van der Waals surface area (Å²) in [7, 11) is 1.41. The molecule has 0 aliphatic heterocycles. The predicted octanol–water partition coefficient (Wildman–Crippen LogP) is 5.05. The first-order valence-corrected chi connectivity index (χ1v) is 16.6. The first kappa shape index (κ1) is 34.4. The van der Waals surface area contributed by atoms with Crippen molar-refractivity contribution in [2.45, 2.75) is 70.4 Å². The number of nitrogens with two attached hydrogens (primary N) is 1. The van der Waals surface area contributed by atoms with Gasteiger partial charge in [0.2, 0.25) is 11.8 Å². The van der Waals surface area contributed by atoms with Gasteiger partial charge in [0.25, 0.3) is 0 Å². The lowest BCUT2D eigenvalue weighted by molar-refractivity contribution is -0.146. The average Bonchev–Trinajstić information content (AvgIpc) is 3.07. The van der Waals surface area contributed by atoms with Gasteiger partial charge in [0, 0.05) is 28.9 Å². The van der Waals surface area contributed by atoms with E-state index in [4.69, 9.17) is 19.9 Å². The Labute approximate surface area is 273 Å². The van der Waals surface area contributed by atoms with Crippen molar-refractivity contribution < 1.29 is 33.4 Å². The number of nitrogens with one attached hydrogen (secondary N) is 2. The van der Waals surface area contributed by atoms with Crippen LogP contribution in [0.3, 0.4) is 0 Å². The van der Waals surface area contributed by atoms with Crippen LogP contribution in [-0.4, -0.2) is 50.2 Å². The van der Waals surface area contributed by atoms with Gasteiger partial charge in [-0.2, -0.15) is 0 Å². The molecular formula is C34H44BrN3O7. The summed E-state index contributed by atoms with van der Waals surface area (Å²) in [5.74, 6) is 0.257. The van der Waals surface area contributed by atoms with Gasteiger partial charge in [0.15, 0.2) is 0 Å². The minimum absolute atomic E-state index is 0.0649. The second-order valence-electron chi connectivity index (χ2n) is 12.1. The van der Waals surface area contributed by atoms with Gasteiger partial charge in [0.05, 0.1) is 13.0 Å². The number of carbonyl (C=O) groups excluding carboxylic acids is 4. The van der Waals surface area contributed by atoms with Crippen LogP contribution in [0.5, 0.6) is 5.75 Å². The number of benzene rings is 2. The highest BCUT2D eigenvalue weighted by Crippen LogP contribution is 2.30. The molecule has 2 aliphatic rings. The fourth-order valence-electron chi connectivity index (χ4n) is 6.10. The molecule has 2 aliphatic carbocycles. The standard InChI is InChI=1S/C34H44BrN3O7/c1-43-33(41)26-14-8-24(9-15-26)20-37-32(40)30(38-31(39)25-12-6-23(19-36)7-13-25)18-22-10-16-28(17-11-22)45-34(42)44-21-27-4-2-3-5-29(27)35/h2-5,10-11,16-17,23-26,30H,6-9,12-15,18-21,36H2,1H3,(H,37,40)(H,38,39)/t23?,24?,25?,26?,30-/m0/s1. The maximum Gasteiger partial charge on any atom is 0.514 e. The molecular weight excluding hydrogens is 642 g/mol. The first-order valence-electron chi connectivity index (χ1n) is 15.8. The summed E-state index contributed by atoms with van der Waals surface area (Å²) in [5, 5.41) is 6.06. The second kappa shape index (κ2) is 17.3. The summed E-state index contributed by atoms with van der Waals surface area (Å²) in [6, 6.07) is 13.5. The molecule has 0 radical (unpaired) electrons. The van der Waals surface area contributed by atoms with Crippen molar-refractivity contribution in [2.75, 3.05) is 20.2 Å². The molecule has 45 heavy (non-hydrogen) atoms. The van der Waals surface area contributed by atoms with E-state index in [1.807, 2.05) is 24.3 Å². The highest BCUT2D eigenvalue weighted by atomic mass is 79.9. The van der Waals surface area contributed by atoms with E-state index in [2.05, 4.69) is 26.6 Å². The Kier molecular flexibility index (Phi) is 13.2. The van der Waals surface area contributed by atoms with E-state index in [0.717, 1.165) is 67.0 Å². The molecule has 0 aromatic heterocycles. The maximum absolute atomic E-state index is 13.4. The largest absolute Gasteiger partial charge is 0.514 e. The van der Waals surface area contributed by atoms with Gasteiger partial charge >= 0.3 is 12.1 Å². The third kappa shape index (κ3) is 10.6. The summed E-state index contributed by atoms with van der Waals surface area (Å²) >= 11 is 3.43. The number of esters is 1.